The molecule has 0 radical (unpaired) electrons. The fourth-order valence-electron chi connectivity index (χ4n) is 1.91. The minimum atomic E-state index is -0.309. The molecule has 0 saturated heterocycles. The average Bonchev–Trinajstić information content (AvgIpc) is 2.90. The van der Waals surface area contributed by atoms with Crippen LogP contribution in [-0.4, -0.2) is 19.9 Å². The number of aromatic nitrogens is 4. The summed E-state index contributed by atoms with van der Waals surface area (Å²) in [4.78, 5) is 15.7. The van der Waals surface area contributed by atoms with Crippen molar-refractivity contribution in [2.75, 3.05) is 0 Å². The lowest BCUT2D eigenvalue weighted by molar-refractivity contribution is 0.591. The molecule has 0 aliphatic heterocycles. The van der Waals surface area contributed by atoms with Crippen LogP contribution in [0, 0.1) is 5.82 Å². The molecule has 0 aliphatic carbocycles. The van der Waals surface area contributed by atoms with Crippen LogP contribution in [0.1, 0.15) is 18.5 Å². The second-order valence-electron chi connectivity index (χ2n) is 4.33. The van der Waals surface area contributed by atoms with Gasteiger partial charge in [-0.2, -0.15) is 0 Å². The Labute approximate surface area is 118 Å². The molecule has 0 fully saturated rings. The zero-order chi connectivity index (χ0) is 14.1. The lowest BCUT2D eigenvalue weighted by Gasteiger charge is -2.12. The third-order valence-electron chi connectivity index (χ3n) is 2.87. The van der Waals surface area contributed by atoms with E-state index in [2.05, 4.69) is 19.9 Å². The zero-order valence-electron chi connectivity index (χ0n) is 10.7. The number of nitrogens with one attached hydrogen (secondary N) is 1. The third-order valence-corrected chi connectivity index (χ3v) is 4.01. The normalized spacial score (nSPS) is 12.8. The first-order valence-electron chi connectivity index (χ1n) is 6.02. The van der Waals surface area contributed by atoms with Crippen LogP contribution in [0.25, 0.3) is 11.2 Å². The van der Waals surface area contributed by atoms with E-state index in [-0.39, 0.29) is 11.9 Å². The van der Waals surface area contributed by atoms with Gasteiger partial charge >= 0.3 is 0 Å². The van der Waals surface area contributed by atoms with E-state index in [1.165, 1.54) is 30.5 Å². The number of imidazole rings is 1. The van der Waals surface area contributed by atoms with Crippen LogP contribution in [0.2, 0.25) is 0 Å². The maximum atomic E-state index is 14.1. The summed E-state index contributed by atoms with van der Waals surface area (Å²) < 4.78 is 14.1. The van der Waals surface area contributed by atoms with E-state index in [1.54, 1.807) is 6.07 Å². The van der Waals surface area contributed by atoms with Gasteiger partial charge in [0.25, 0.3) is 0 Å². The topological polar surface area (TPSA) is 80.5 Å². The van der Waals surface area contributed by atoms with Gasteiger partial charge in [-0.15, -0.1) is 0 Å². The van der Waals surface area contributed by atoms with Gasteiger partial charge in [0.05, 0.1) is 11.2 Å². The van der Waals surface area contributed by atoms with Crippen molar-refractivity contribution >= 4 is 22.9 Å². The summed E-state index contributed by atoms with van der Waals surface area (Å²) in [7, 11) is 0. The summed E-state index contributed by atoms with van der Waals surface area (Å²) in [6, 6.07) is 4.64. The van der Waals surface area contributed by atoms with Crippen molar-refractivity contribution in [1.82, 2.24) is 19.9 Å². The fourth-order valence-corrected chi connectivity index (χ4v) is 2.99. The molecule has 0 saturated carbocycles. The largest absolute Gasteiger partial charge is 0.341 e. The van der Waals surface area contributed by atoms with Gasteiger partial charge in [-0.25, -0.2) is 19.3 Å². The predicted molar refractivity (Wildman–Crippen MR) is 74.8 cm³/mol. The second kappa shape index (κ2) is 5.18. The molecular weight excluding hydrogens is 277 g/mol. The minimum absolute atomic E-state index is 0.257. The second-order valence-corrected chi connectivity index (χ2v) is 5.33. The first kappa shape index (κ1) is 13.0. The molecule has 5 nitrogen and oxygen atoms in total. The van der Waals surface area contributed by atoms with Crippen LogP contribution in [-0.2, 0) is 0 Å². The molecule has 2 aromatic heterocycles. The van der Waals surface area contributed by atoms with Crippen LogP contribution < -0.4 is 5.73 Å². The van der Waals surface area contributed by atoms with Crippen LogP contribution in [0.5, 0.6) is 0 Å². The molecule has 102 valence electrons. The van der Waals surface area contributed by atoms with E-state index in [4.69, 9.17) is 5.73 Å². The molecule has 3 aromatic rings. The maximum absolute atomic E-state index is 14.1. The van der Waals surface area contributed by atoms with Gasteiger partial charge in [0, 0.05) is 6.04 Å². The minimum Gasteiger partial charge on any atom is -0.341 e. The van der Waals surface area contributed by atoms with Gasteiger partial charge in [0.15, 0.2) is 5.65 Å². The molecule has 3 N–H and O–H groups in total. The van der Waals surface area contributed by atoms with Crippen LogP contribution in [0.3, 0.4) is 0 Å². The SMILES string of the molecule is CC(N)c1cccc(F)c1Sc1ncnc2nc[nH]c12. The third kappa shape index (κ3) is 2.25. The van der Waals surface area contributed by atoms with Crippen molar-refractivity contribution in [2.24, 2.45) is 5.73 Å². The highest BCUT2D eigenvalue weighted by Gasteiger charge is 2.16. The Bertz CT molecular complexity index is 755. The maximum Gasteiger partial charge on any atom is 0.181 e. The number of hydrogen-bond donors (Lipinski definition) is 2. The highest BCUT2D eigenvalue weighted by Crippen LogP contribution is 2.35. The van der Waals surface area contributed by atoms with Gasteiger partial charge in [-0.3, -0.25) is 0 Å². The molecule has 0 amide bonds. The number of benzene rings is 1. The zero-order valence-corrected chi connectivity index (χ0v) is 11.5. The lowest BCUT2D eigenvalue weighted by Crippen LogP contribution is -2.07. The first-order chi connectivity index (χ1) is 9.66. The van der Waals surface area contributed by atoms with Crippen molar-refractivity contribution in [3.63, 3.8) is 0 Å². The molecule has 7 heteroatoms. The molecule has 2 heterocycles. The van der Waals surface area contributed by atoms with Crippen molar-refractivity contribution in [3.8, 4) is 0 Å². The summed E-state index contributed by atoms with van der Waals surface area (Å²) in [5, 5.41) is 0.625. The van der Waals surface area contributed by atoms with E-state index in [1.807, 2.05) is 13.0 Å². The number of halogens is 1. The van der Waals surface area contributed by atoms with Crippen LogP contribution in [0.15, 0.2) is 40.8 Å². The summed E-state index contributed by atoms with van der Waals surface area (Å²) in [5.41, 5.74) is 7.90. The Morgan fingerprint density at radius 1 is 1.30 bits per heavy atom. The summed E-state index contributed by atoms with van der Waals surface area (Å²) in [5.74, 6) is -0.309. The predicted octanol–water partition coefficient (Wildman–Crippen LogP) is 2.66. The van der Waals surface area contributed by atoms with Gasteiger partial charge in [0.2, 0.25) is 0 Å². The highest BCUT2D eigenvalue weighted by atomic mass is 32.2. The Hall–Kier alpha value is -1.99. The van der Waals surface area contributed by atoms with Gasteiger partial charge in [0.1, 0.15) is 22.7 Å². The Balaban J connectivity index is 2.09. The number of H-pyrrole nitrogens is 1. The van der Waals surface area contributed by atoms with E-state index in [0.29, 0.717) is 21.1 Å². The molecule has 1 aromatic carbocycles. The average molecular weight is 289 g/mol. The van der Waals surface area contributed by atoms with E-state index in [0.717, 1.165) is 5.56 Å². The summed E-state index contributed by atoms with van der Waals surface area (Å²) in [6.07, 6.45) is 2.95. The lowest BCUT2D eigenvalue weighted by atomic mass is 10.1. The van der Waals surface area contributed by atoms with Crippen molar-refractivity contribution in [3.05, 3.63) is 42.2 Å². The van der Waals surface area contributed by atoms with Gasteiger partial charge in [-0.05, 0) is 18.6 Å². The highest BCUT2D eigenvalue weighted by molar-refractivity contribution is 7.99. The Morgan fingerprint density at radius 2 is 2.15 bits per heavy atom. The Morgan fingerprint density at radius 3 is 2.95 bits per heavy atom. The molecule has 20 heavy (non-hydrogen) atoms. The molecule has 1 unspecified atom stereocenters. The van der Waals surface area contributed by atoms with Crippen molar-refractivity contribution in [2.45, 2.75) is 22.9 Å². The standard InChI is InChI=1S/C13H12FN5S/c1-7(15)8-3-2-4-9(14)11(8)20-13-10-12(17-5-16-10)18-6-19-13/h2-7H,15H2,1H3,(H,16,17,18,19). The van der Waals surface area contributed by atoms with Gasteiger partial charge in [-0.1, -0.05) is 23.9 Å². The van der Waals surface area contributed by atoms with Crippen LogP contribution >= 0.6 is 11.8 Å². The molecular formula is C13H12FN5S. The molecule has 0 aliphatic rings. The Kier molecular flexibility index (Phi) is 3.37. The number of rotatable bonds is 3. The number of nitrogens with zero attached hydrogens (tertiary/aromatic N) is 3. The van der Waals surface area contributed by atoms with Gasteiger partial charge < -0.3 is 10.7 Å². The summed E-state index contributed by atoms with van der Waals surface area (Å²) in [6.45, 7) is 1.82. The van der Waals surface area contributed by atoms with E-state index >= 15 is 0 Å². The molecule has 1 atom stereocenters. The van der Waals surface area contributed by atoms with E-state index < -0.39 is 0 Å². The van der Waals surface area contributed by atoms with Crippen LogP contribution in [0.4, 0.5) is 4.39 Å². The summed E-state index contributed by atoms with van der Waals surface area (Å²) >= 11 is 1.23. The molecule has 3 rings (SSSR count). The molecule has 0 spiro atoms. The van der Waals surface area contributed by atoms with Crippen molar-refractivity contribution in [1.29, 1.82) is 0 Å². The number of fused-ring (bicyclic) bond motifs is 1. The monoisotopic (exact) mass is 289 g/mol. The number of hydrogen-bond acceptors (Lipinski definition) is 5. The number of nitrogens with two attached hydrogens (primary N) is 1. The quantitative estimate of drug-likeness (QED) is 0.724. The fraction of sp³-hybridized carbons (Fsp3) is 0.154. The van der Waals surface area contributed by atoms with E-state index in [9.17, 15) is 4.39 Å². The number of aromatic amines is 1. The molecule has 0 bridgehead atoms. The smallest absolute Gasteiger partial charge is 0.181 e. The first-order valence-corrected chi connectivity index (χ1v) is 6.84. The van der Waals surface area contributed by atoms with Crippen molar-refractivity contribution < 1.29 is 4.39 Å².